The molecular weight excluding hydrogens is 104 g/mol. The summed E-state index contributed by atoms with van der Waals surface area (Å²) in [6.07, 6.45) is 1.05. The zero-order chi connectivity index (χ0) is 5.86. The van der Waals surface area contributed by atoms with Gasteiger partial charge in [0.15, 0.2) is 0 Å². The average Bonchev–Trinajstić information content (AvgIpc) is 1.65. The van der Waals surface area contributed by atoms with Crippen molar-refractivity contribution in [3.63, 3.8) is 0 Å². The summed E-state index contributed by atoms with van der Waals surface area (Å²) in [7, 11) is 0. The van der Waals surface area contributed by atoms with Crippen LogP contribution >= 0.6 is 12.6 Å². The van der Waals surface area contributed by atoms with Crippen molar-refractivity contribution in [3.8, 4) is 0 Å². The number of hydrogen-bond acceptors (Lipinski definition) is 1. The lowest BCUT2D eigenvalue weighted by atomic mass is 10.2. The van der Waals surface area contributed by atoms with Crippen LogP contribution in [0.4, 0.5) is 0 Å². The van der Waals surface area contributed by atoms with Gasteiger partial charge in [0.1, 0.15) is 0 Å². The molecule has 0 nitrogen and oxygen atoms in total. The van der Waals surface area contributed by atoms with Crippen molar-refractivity contribution >= 4 is 12.6 Å². The maximum Gasteiger partial charge on any atom is 0.0195 e. The third-order valence-electron chi connectivity index (χ3n) is 1.04. The molecule has 0 aliphatic carbocycles. The molecular formula is C6H12S. The van der Waals surface area contributed by atoms with Crippen molar-refractivity contribution in [1.29, 1.82) is 0 Å². The smallest absolute Gasteiger partial charge is 0.0195 e. The van der Waals surface area contributed by atoms with Crippen LogP contribution < -0.4 is 0 Å². The Labute approximate surface area is 51.0 Å². The molecule has 0 N–H and O–H groups in total. The molecule has 0 fully saturated rings. The highest BCUT2D eigenvalue weighted by Gasteiger charge is 1.94. The van der Waals surface area contributed by atoms with Crippen molar-refractivity contribution in [2.24, 2.45) is 0 Å². The van der Waals surface area contributed by atoms with Gasteiger partial charge in [0.25, 0.3) is 0 Å². The first-order chi connectivity index (χ1) is 3.18. The lowest BCUT2D eigenvalue weighted by Crippen LogP contribution is -1.92. The number of rotatable bonds is 2. The molecule has 0 heterocycles. The molecule has 0 bridgehead atoms. The van der Waals surface area contributed by atoms with E-state index >= 15 is 0 Å². The molecule has 0 saturated heterocycles. The van der Waals surface area contributed by atoms with Crippen molar-refractivity contribution in [2.75, 3.05) is 0 Å². The molecule has 1 atom stereocenters. The number of hydrogen-bond donors (Lipinski definition) is 1. The van der Waals surface area contributed by atoms with E-state index in [1.54, 1.807) is 0 Å². The highest BCUT2D eigenvalue weighted by atomic mass is 32.1. The van der Waals surface area contributed by atoms with E-state index < -0.39 is 0 Å². The Balaban J connectivity index is 3.35. The van der Waals surface area contributed by atoms with Crippen molar-refractivity contribution in [1.82, 2.24) is 0 Å². The largest absolute Gasteiger partial charge is 0.172 e. The Morgan fingerprint density at radius 2 is 2.29 bits per heavy atom. The molecule has 7 heavy (non-hydrogen) atoms. The quantitative estimate of drug-likeness (QED) is 0.415. The lowest BCUT2D eigenvalue weighted by molar-refractivity contribution is 1.01. The van der Waals surface area contributed by atoms with Gasteiger partial charge in [0, 0.05) is 5.25 Å². The van der Waals surface area contributed by atoms with Crippen LogP contribution in [-0.2, 0) is 0 Å². The summed E-state index contributed by atoms with van der Waals surface area (Å²) in [5.74, 6) is 0. The molecule has 0 rings (SSSR count). The summed E-state index contributed by atoms with van der Waals surface area (Å²) in [6.45, 7) is 7.93. The van der Waals surface area contributed by atoms with Gasteiger partial charge in [0.05, 0.1) is 0 Å². The molecule has 0 aliphatic rings. The first kappa shape index (κ1) is 7.09. The monoisotopic (exact) mass is 116 g/mol. The fraction of sp³-hybridized carbons (Fsp3) is 0.667. The molecule has 0 aromatic heterocycles. The molecule has 1 unspecified atom stereocenters. The normalized spacial score (nSPS) is 13.6. The maximum absolute atomic E-state index is 4.17. The summed E-state index contributed by atoms with van der Waals surface area (Å²) in [6, 6.07) is 0. The Hall–Kier alpha value is 0.0900. The Bertz CT molecular complexity index is 64.6. The highest BCUT2D eigenvalue weighted by Crippen LogP contribution is 2.08. The fourth-order valence-corrected chi connectivity index (χ4v) is 0.478. The number of thiol groups is 1. The summed E-state index contributed by atoms with van der Waals surface area (Å²) in [5.41, 5.74) is 1.21. The van der Waals surface area contributed by atoms with Crippen LogP contribution in [0.5, 0.6) is 0 Å². The molecule has 0 aromatic carbocycles. The van der Waals surface area contributed by atoms with Gasteiger partial charge in [-0.15, -0.1) is 0 Å². The van der Waals surface area contributed by atoms with E-state index in [9.17, 15) is 0 Å². The van der Waals surface area contributed by atoms with E-state index in [0.717, 1.165) is 6.42 Å². The Kier molecular flexibility index (Phi) is 3.18. The van der Waals surface area contributed by atoms with Gasteiger partial charge in [-0.05, 0) is 13.3 Å². The minimum atomic E-state index is 0.366. The molecule has 0 spiro atoms. The van der Waals surface area contributed by atoms with E-state index in [-0.39, 0.29) is 0 Å². The van der Waals surface area contributed by atoms with Crippen molar-refractivity contribution < 1.29 is 0 Å². The van der Waals surface area contributed by atoms with Crippen molar-refractivity contribution in [2.45, 2.75) is 25.5 Å². The molecule has 0 radical (unpaired) electrons. The molecule has 0 aliphatic heterocycles. The summed E-state index contributed by atoms with van der Waals surface area (Å²) < 4.78 is 0. The van der Waals surface area contributed by atoms with Crippen LogP contribution in [0, 0.1) is 0 Å². The van der Waals surface area contributed by atoms with Crippen molar-refractivity contribution in [3.05, 3.63) is 12.2 Å². The maximum atomic E-state index is 4.17. The zero-order valence-corrected chi connectivity index (χ0v) is 5.83. The van der Waals surface area contributed by atoms with Gasteiger partial charge in [-0.1, -0.05) is 19.1 Å². The van der Waals surface area contributed by atoms with Gasteiger partial charge in [-0.25, -0.2) is 0 Å². The lowest BCUT2D eigenvalue weighted by Gasteiger charge is -2.02. The third-order valence-corrected chi connectivity index (χ3v) is 1.41. The first-order valence-corrected chi connectivity index (χ1v) is 3.05. The Morgan fingerprint density at radius 3 is 2.29 bits per heavy atom. The van der Waals surface area contributed by atoms with E-state index in [1.165, 1.54) is 5.57 Å². The van der Waals surface area contributed by atoms with Gasteiger partial charge in [0.2, 0.25) is 0 Å². The van der Waals surface area contributed by atoms with Crippen LogP contribution in [0.15, 0.2) is 12.2 Å². The Morgan fingerprint density at radius 1 is 1.86 bits per heavy atom. The molecule has 0 saturated carbocycles. The topological polar surface area (TPSA) is 0 Å². The van der Waals surface area contributed by atoms with Gasteiger partial charge < -0.3 is 0 Å². The second kappa shape index (κ2) is 3.14. The molecule has 0 amide bonds. The summed E-state index contributed by atoms with van der Waals surface area (Å²) in [5, 5.41) is 0.366. The van der Waals surface area contributed by atoms with Gasteiger partial charge in [-0.2, -0.15) is 12.6 Å². The predicted molar refractivity (Wildman–Crippen MR) is 37.9 cm³/mol. The molecule has 42 valence electrons. The SMILES string of the molecule is C=C(CC)C(C)S. The van der Waals surface area contributed by atoms with Crippen LogP contribution in [0.2, 0.25) is 0 Å². The second-order valence-corrected chi connectivity index (χ2v) is 2.46. The highest BCUT2D eigenvalue weighted by molar-refractivity contribution is 7.81. The molecule has 0 aromatic rings. The van der Waals surface area contributed by atoms with Crippen LogP contribution in [0.25, 0.3) is 0 Å². The van der Waals surface area contributed by atoms with E-state index in [2.05, 4.69) is 26.1 Å². The van der Waals surface area contributed by atoms with Crippen LogP contribution in [-0.4, -0.2) is 5.25 Å². The summed E-state index contributed by atoms with van der Waals surface area (Å²) >= 11 is 4.17. The third kappa shape index (κ3) is 2.75. The standard InChI is InChI=1S/C6H12S/c1-4-5(2)6(3)7/h6-7H,2,4H2,1,3H3. The first-order valence-electron chi connectivity index (χ1n) is 2.54. The molecule has 1 heteroatoms. The zero-order valence-electron chi connectivity index (χ0n) is 4.94. The average molecular weight is 116 g/mol. The predicted octanol–water partition coefficient (Wildman–Crippen LogP) is 2.27. The van der Waals surface area contributed by atoms with E-state index in [1.807, 2.05) is 6.92 Å². The van der Waals surface area contributed by atoms with E-state index in [0.29, 0.717) is 5.25 Å². The summed E-state index contributed by atoms with van der Waals surface area (Å²) in [4.78, 5) is 0. The second-order valence-electron chi connectivity index (χ2n) is 1.69. The fourth-order valence-electron chi connectivity index (χ4n) is 0.295. The van der Waals surface area contributed by atoms with Crippen LogP contribution in [0.3, 0.4) is 0 Å². The van der Waals surface area contributed by atoms with Gasteiger partial charge in [-0.3, -0.25) is 0 Å². The van der Waals surface area contributed by atoms with Gasteiger partial charge >= 0.3 is 0 Å². The van der Waals surface area contributed by atoms with E-state index in [4.69, 9.17) is 0 Å². The minimum Gasteiger partial charge on any atom is -0.172 e. The minimum absolute atomic E-state index is 0.366. The van der Waals surface area contributed by atoms with Crippen LogP contribution in [0.1, 0.15) is 20.3 Å².